The van der Waals surface area contributed by atoms with E-state index >= 15 is 0 Å². The molecule has 28 heavy (non-hydrogen) atoms. The van der Waals surface area contributed by atoms with Gasteiger partial charge in [-0.2, -0.15) is 5.10 Å². The van der Waals surface area contributed by atoms with E-state index in [0.717, 1.165) is 6.07 Å². The van der Waals surface area contributed by atoms with Gasteiger partial charge >= 0.3 is 5.97 Å². The first-order valence-corrected chi connectivity index (χ1v) is 8.82. The molecule has 6 nitrogen and oxygen atoms in total. The van der Waals surface area contributed by atoms with E-state index in [2.05, 4.69) is 31.4 Å². The number of nitrogens with zero attached hydrogens (tertiary/aromatic N) is 2. The Hall–Kier alpha value is -3.39. The fourth-order valence-corrected chi connectivity index (χ4v) is 2.57. The van der Waals surface area contributed by atoms with Crippen molar-refractivity contribution in [3.63, 3.8) is 0 Å². The molecule has 0 aliphatic rings. The van der Waals surface area contributed by atoms with Gasteiger partial charge in [-0.25, -0.2) is 14.6 Å². The molecule has 0 unspecified atom stereocenters. The molecule has 1 N–H and O–H groups in total. The maximum atomic E-state index is 13.2. The summed E-state index contributed by atoms with van der Waals surface area (Å²) in [4.78, 5) is 28.0. The summed E-state index contributed by atoms with van der Waals surface area (Å²) in [5.41, 5.74) is 3.44. The lowest BCUT2D eigenvalue weighted by atomic mass is 10.2. The minimum absolute atomic E-state index is 0.106. The second-order valence-electron chi connectivity index (χ2n) is 5.56. The van der Waals surface area contributed by atoms with Crippen LogP contribution in [-0.2, 0) is 0 Å². The van der Waals surface area contributed by atoms with Crippen molar-refractivity contribution in [2.45, 2.75) is 0 Å². The number of nitrogens with one attached hydrogen (secondary N) is 1. The van der Waals surface area contributed by atoms with E-state index in [9.17, 15) is 14.0 Å². The van der Waals surface area contributed by atoms with Crippen molar-refractivity contribution < 1.29 is 18.7 Å². The quantitative estimate of drug-likeness (QED) is 0.281. The van der Waals surface area contributed by atoms with E-state index in [1.807, 2.05) is 0 Å². The molecule has 140 valence electrons. The van der Waals surface area contributed by atoms with Gasteiger partial charge in [-0.1, -0.05) is 18.2 Å². The number of amides is 1. The van der Waals surface area contributed by atoms with Crippen LogP contribution in [0.2, 0.25) is 0 Å². The number of rotatable bonds is 5. The van der Waals surface area contributed by atoms with E-state index in [-0.39, 0.29) is 11.3 Å². The molecule has 2 aromatic carbocycles. The fraction of sp³-hybridized carbons (Fsp3) is 0. The molecule has 0 bridgehead atoms. The molecule has 0 fully saturated rings. The highest BCUT2D eigenvalue weighted by atomic mass is 79.9. The third-order valence-electron chi connectivity index (χ3n) is 3.48. The van der Waals surface area contributed by atoms with E-state index in [1.165, 1.54) is 30.6 Å². The number of pyridine rings is 1. The van der Waals surface area contributed by atoms with Gasteiger partial charge in [-0.05, 0) is 57.9 Å². The summed E-state index contributed by atoms with van der Waals surface area (Å²) in [6.07, 6.45) is 4.39. The Balaban J connectivity index is 1.63. The number of benzene rings is 2. The molecule has 1 heterocycles. The van der Waals surface area contributed by atoms with Crippen LogP contribution in [0.1, 0.15) is 26.3 Å². The summed E-state index contributed by atoms with van der Waals surface area (Å²) >= 11 is 3.24. The van der Waals surface area contributed by atoms with Gasteiger partial charge in [0.2, 0.25) is 0 Å². The minimum atomic E-state index is -0.677. The SMILES string of the molecule is O=C(N/N=C\c1cccc(OC(=O)c2cccc(F)c2)c1)c1cncc(Br)c1. The number of carbonyl (C=O) groups excluding carboxylic acids is 2. The number of hydrazone groups is 1. The van der Waals surface area contributed by atoms with Gasteiger partial charge in [0.25, 0.3) is 5.91 Å². The van der Waals surface area contributed by atoms with Crippen LogP contribution < -0.4 is 10.2 Å². The topological polar surface area (TPSA) is 80.6 Å². The zero-order valence-corrected chi connectivity index (χ0v) is 15.9. The lowest BCUT2D eigenvalue weighted by Crippen LogP contribution is -2.17. The molecule has 0 spiro atoms. The summed E-state index contributed by atoms with van der Waals surface area (Å²) in [7, 11) is 0. The molecule has 3 aromatic rings. The van der Waals surface area contributed by atoms with E-state index in [1.54, 1.807) is 36.5 Å². The molecule has 0 saturated carbocycles. The van der Waals surface area contributed by atoms with E-state index in [4.69, 9.17) is 4.74 Å². The standard InChI is InChI=1S/C20H13BrFN3O3/c21-16-8-15(11-23-12-16)19(26)25-24-10-13-3-1-6-18(7-13)28-20(27)14-4-2-5-17(22)9-14/h1-12H,(H,25,26)/b24-10-. The Labute approximate surface area is 168 Å². The molecular weight excluding hydrogens is 429 g/mol. The first-order chi connectivity index (χ1) is 13.5. The average molecular weight is 442 g/mol. The number of hydrogen-bond donors (Lipinski definition) is 1. The Morgan fingerprint density at radius 1 is 1.07 bits per heavy atom. The Bertz CT molecular complexity index is 1060. The van der Waals surface area contributed by atoms with Crippen LogP contribution in [0.25, 0.3) is 0 Å². The zero-order valence-electron chi connectivity index (χ0n) is 14.3. The van der Waals surface area contributed by atoms with Gasteiger partial charge in [0.1, 0.15) is 11.6 Å². The Kier molecular flexibility index (Phi) is 6.23. The smallest absolute Gasteiger partial charge is 0.343 e. The lowest BCUT2D eigenvalue weighted by Gasteiger charge is -2.05. The third-order valence-corrected chi connectivity index (χ3v) is 3.91. The molecule has 1 aromatic heterocycles. The molecule has 0 atom stereocenters. The minimum Gasteiger partial charge on any atom is -0.423 e. The van der Waals surface area contributed by atoms with Gasteiger partial charge < -0.3 is 4.74 Å². The monoisotopic (exact) mass is 441 g/mol. The summed E-state index contributed by atoms with van der Waals surface area (Å²) in [6.45, 7) is 0. The van der Waals surface area contributed by atoms with Gasteiger partial charge in [0.15, 0.2) is 0 Å². The largest absolute Gasteiger partial charge is 0.423 e. The summed E-state index contributed by atoms with van der Waals surface area (Å²) in [6, 6.07) is 13.4. The normalized spacial score (nSPS) is 10.6. The van der Waals surface area contributed by atoms with Crippen molar-refractivity contribution >= 4 is 34.0 Å². The predicted octanol–water partition coefficient (Wildman–Crippen LogP) is 3.97. The molecule has 0 saturated heterocycles. The maximum absolute atomic E-state index is 13.2. The molecule has 0 aliphatic carbocycles. The molecule has 3 rings (SSSR count). The van der Waals surface area contributed by atoms with Crippen LogP contribution in [0.3, 0.4) is 0 Å². The highest BCUT2D eigenvalue weighted by molar-refractivity contribution is 9.10. The first kappa shape index (κ1) is 19.4. The highest BCUT2D eigenvalue weighted by Gasteiger charge is 2.09. The van der Waals surface area contributed by atoms with Gasteiger partial charge in [-0.3, -0.25) is 9.78 Å². The van der Waals surface area contributed by atoms with Gasteiger partial charge in [-0.15, -0.1) is 0 Å². The van der Waals surface area contributed by atoms with Crippen LogP contribution in [0.4, 0.5) is 4.39 Å². The second-order valence-corrected chi connectivity index (χ2v) is 6.48. The Morgan fingerprint density at radius 2 is 1.89 bits per heavy atom. The van der Waals surface area contributed by atoms with Crippen molar-refractivity contribution in [2.75, 3.05) is 0 Å². The predicted molar refractivity (Wildman–Crippen MR) is 105 cm³/mol. The third kappa shape index (κ3) is 5.31. The highest BCUT2D eigenvalue weighted by Crippen LogP contribution is 2.15. The van der Waals surface area contributed by atoms with Crippen LogP contribution in [-0.4, -0.2) is 23.1 Å². The molecule has 0 aliphatic heterocycles. The number of esters is 1. The molecule has 0 radical (unpaired) electrons. The van der Waals surface area contributed by atoms with Crippen molar-refractivity contribution in [2.24, 2.45) is 5.10 Å². The van der Waals surface area contributed by atoms with Crippen LogP contribution in [0.15, 0.2) is 76.6 Å². The number of carbonyl (C=O) groups is 2. The summed E-state index contributed by atoms with van der Waals surface area (Å²) in [5, 5.41) is 3.88. The number of halogens is 2. The van der Waals surface area contributed by atoms with Crippen molar-refractivity contribution in [3.8, 4) is 5.75 Å². The Morgan fingerprint density at radius 3 is 2.68 bits per heavy atom. The van der Waals surface area contributed by atoms with Crippen molar-refractivity contribution in [3.05, 3.63) is 94.0 Å². The second kappa shape index (κ2) is 9.01. The maximum Gasteiger partial charge on any atom is 0.343 e. The lowest BCUT2D eigenvalue weighted by molar-refractivity contribution is 0.0734. The molecular formula is C20H13BrFN3O3. The van der Waals surface area contributed by atoms with Crippen LogP contribution in [0.5, 0.6) is 5.75 Å². The van der Waals surface area contributed by atoms with Crippen LogP contribution >= 0.6 is 15.9 Å². The number of ether oxygens (including phenoxy) is 1. The molecule has 8 heteroatoms. The average Bonchev–Trinajstić information content (AvgIpc) is 2.68. The van der Waals surface area contributed by atoms with Gasteiger partial charge in [0.05, 0.1) is 17.3 Å². The van der Waals surface area contributed by atoms with Crippen molar-refractivity contribution in [1.29, 1.82) is 0 Å². The number of aromatic nitrogens is 1. The molecule has 1 amide bonds. The van der Waals surface area contributed by atoms with E-state index in [0.29, 0.717) is 15.6 Å². The van der Waals surface area contributed by atoms with E-state index < -0.39 is 17.7 Å². The number of hydrogen-bond acceptors (Lipinski definition) is 5. The summed E-state index contributed by atoms with van der Waals surface area (Å²) < 4.78 is 19.1. The zero-order chi connectivity index (χ0) is 19.9. The van der Waals surface area contributed by atoms with Crippen molar-refractivity contribution in [1.82, 2.24) is 10.4 Å². The van der Waals surface area contributed by atoms with Gasteiger partial charge in [0, 0.05) is 16.9 Å². The van der Waals surface area contributed by atoms with Crippen LogP contribution in [0, 0.1) is 5.82 Å². The fourth-order valence-electron chi connectivity index (χ4n) is 2.21. The first-order valence-electron chi connectivity index (χ1n) is 8.03. The summed E-state index contributed by atoms with van der Waals surface area (Å²) in [5.74, 6) is -1.35.